The lowest BCUT2D eigenvalue weighted by Crippen LogP contribution is -2.25. The van der Waals surface area contributed by atoms with Gasteiger partial charge in [0, 0.05) is 0 Å². The first kappa shape index (κ1) is 19.1. The molecule has 0 heterocycles. The number of carbonyl (C=O) groups is 2. The standard InChI is InChI=1S/C19H15F3N2O2/c1-2-10-23-18(26)15-8-3-4-9-16(15)24-17(25)12-13-6-5-7-14(11-13)19(20,21)22/h1,3-9,11H,10,12H2,(H,23,26)(H,24,25). The van der Waals surface area contributed by atoms with Crippen LogP contribution in [0.3, 0.4) is 0 Å². The van der Waals surface area contributed by atoms with Crippen LogP contribution in [0.15, 0.2) is 48.5 Å². The molecule has 0 fully saturated rings. The maximum atomic E-state index is 12.7. The second kappa shape index (κ2) is 8.21. The van der Waals surface area contributed by atoms with E-state index in [-0.39, 0.29) is 29.8 Å². The van der Waals surface area contributed by atoms with Gasteiger partial charge in [0.2, 0.25) is 5.91 Å². The summed E-state index contributed by atoms with van der Waals surface area (Å²) in [6.45, 7) is 0.0331. The molecule has 0 aromatic heterocycles. The molecule has 0 aliphatic carbocycles. The summed E-state index contributed by atoms with van der Waals surface area (Å²) in [6.07, 6.45) is 0.350. The first-order chi connectivity index (χ1) is 12.3. The summed E-state index contributed by atoms with van der Waals surface area (Å²) in [6, 6.07) is 10.8. The summed E-state index contributed by atoms with van der Waals surface area (Å²) < 4.78 is 38.2. The Labute approximate surface area is 148 Å². The highest BCUT2D eigenvalue weighted by Gasteiger charge is 2.30. The fourth-order valence-corrected chi connectivity index (χ4v) is 2.25. The van der Waals surface area contributed by atoms with Gasteiger partial charge in [0.05, 0.1) is 29.8 Å². The molecule has 2 aromatic rings. The first-order valence-electron chi connectivity index (χ1n) is 7.58. The number of terminal acetylenes is 1. The van der Waals surface area contributed by atoms with E-state index in [4.69, 9.17) is 6.42 Å². The van der Waals surface area contributed by atoms with Crippen LogP contribution in [0.2, 0.25) is 0 Å². The molecule has 0 aliphatic rings. The number of carbonyl (C=O) groups excluding carboxylic acids is 2. The Kier molecular flexibility index (Phi) is 6.02. The largest absolute Gasteiger partial charge is 0.416 e. The molecule has 0 atom stereocenters. The van der Waals surface area contributed by atoms with E-state index in [0.717, 1.165) is 12.1 Å². The van der Waals surface area contributed by atoms with Crippen LogP contribution in [-0.2, 0) is 17.4 Å². The van der Waals surface area contributed by atoms with Gasteiger partial charge in [0.1, 0.15) is 0 Å². The van der Waals surface area contributed by atoms with Gasteiger partial charge in [0.15, 0.2) is 0 Å². The van der Waals surface area contributed by atoms with Gasteiger partial charge < -0.3 is 10.6 Å². The quantitative estimate of drug-likeness (QED) is 0.805. The monoisotopic (exact) mass is 360 g/mol. The summed E-state index contributed by atoms with van der Waals surface area (Å²) in [5, 5.41) is 5.03. The summed E-state index contributed by atoms with van der Waals surface area (Å²) in [4.78, 5) is 24.2. The van der Waals surface area contributed by atoms with Crippen LogP contribution in [0.25, 0.3) is 0 Å². The zero-order chi connectivity index (χ0) is 19.2. The first-order valence-corrected chi connectivity index (χ1v) is 7.58. The molecule has 2 amide bonds. The van der Waals surface area contributed by atoms with E-state index in [9.17, 15) is 22.8 Å². The zero-order valence-electron chi connectivity index (χ0n) is 13.6. The number of halogens is 3. The van der Waals surface area contributed by atoms with Crippen molar-refractivity contribution in [3.63, 3.8) is 0 Å². The van der Waals surface area contributed by atoms with Gasteiger partial charge in [-0.25, -0.2) is 0 Å². The van der Waals surface area contributed by atoms with Crippen molar-refractivity contribution in [2.45, 2.75) is 12.6 Å². The fourth-order valence-electron chi connectivity index (χ4n) is 2.25. The number of alkyl halides is 3. The van der Waals surface area contributed by atoms with Crippen molar-refractivity contribution in [1.29, 1.82) is 0 Å². The lowest BCUT2D eigenvalue weighted by molar-refractivity contribution is -0.137. The molecule has 4 nitrogen and oxygen atoms in total. The van der Waals surface area contributed by atoms with Crippen molar-refractivity contribution in [1.82, 2.24) is 5.32 Å². The molecular weight excluding hydrogens is 345 g/mol. The Morgan fingerprint density at radius 2 is 1.81 bits per heavy atom. The minimum absolute atomic E-state index is 0.0331. The van der Waals surface area contributed by atoms with Gasteiger partial charge in [-0.05, 0) is 23.8 Å². The highest BCUT2D eigenvalue weighted by Crippen LogP contribution is 2.29. The van der Waals surface area contributed by atoms with E-state index in [1.807, 2.05) is 0 Å². The molecule has 134 valence electrons. The summed E-state index contributed by atoms with van der Waals surface area (Å²) >= 11 is 0. The van der Waals surface area contributed by atoms with E-state index in [0.29, 0.717) is 0 Å². The van der Waals surface area contributed by atoms with Gasteiger partial charge in [-0.3, -0.25) is 9.59 Å². The summed E-state index contributed by atoms with van der Waals surface area (Å²) in [5.74, 6) is 1.27. The van der Waals surface area contributed by atoms with Gasteiger partial charge in [-0.1, -0.05) is 36.3 Å². The van der Waals surface area contributed by atoms with E-state index in [1.165, 1.54) is 24.3 Å². The molecule has 2 rings (SSSR count). The van der Waals surface area contributed by atoms with Gasteiger partial charge >= 0.3 is 6.18 Å². The van der Waals surface area contributed by atoms with E-state index in [2.05, 4.69) is 16.6 Å². The molecule has 2 N–H and O–H groups in total. The van der Waals surface area contributed by atoms with Crippen molar-refractivity contribution in [2.24, 2.45) is 0 Å². The van der Waals surface area contributed by atoms with Crippen LogP contribution in [0, 0.1) is 12.3 Å². The number of rotatable bonds is 5. The minimum atomic E-state index is -4.48. The zero-order valence-corrected chi connectivity index (χ0v) is 13.6. The van der Waals surface area contributed by atoms with Crippen molar-refractivity contribution in [3.8, 4) is 12.3 Å². The second-order valence-corrected chi connectivity index (χ2v) is 5.36. The topological polar surface area (TPSA) is 58.2 Å². The lowest BCUT2D eigenvalue weighted by Gasteiger charge is -2.11. The molecule has 7 heteroatoms. The van der Waals surface area contributed by atoms with Gasteiger partial charge in [-0.2, -0.15) is 13.2 Å². The Morgan fingerprint density at radius 3 is 2.50 bits per heavy atom. The van der Waals surface area contributed by atoms with Crippen molar-refractivity contribution >= 4 is 17.5 Å². The highest BCUT2D eigenvalue weighted by atomic mass is 19.4. The van der Waals surface area contributed by atoms with Crippen LogP contribution < -0.4 is 10.6 Å². The Balaban J connectivity index is 2.12. The molecule has 0 spiro atoms. The third kappa shape index (κ3) is 5.11. The van der Waals surface area contributed by atoms with Crippen LogP contribution in [0.1, 0.15) is 21.5 Å². The highest BCUT2D eigenvalue weighted by molar-refractivity contribution is 6.04. The average Bonchev–Trinajstić information content (AvgIpc) is 2.59. The fraction of sp³-hybridized carbons (Fsp3) is 0.158. The molecule has 0 radical (unpaired) electrons. The molecule has 26 heavy (non-hydrogen) atoms. The Morgan fingerprint density at radius 1 is 1.08 bits per heavy atom. The van der Waals surface area contributed by atoms with Crippen LogP contribution >= 0.6 is 0 Å². The maximum absolute atomic E-state index is 12.7. The normalized spacial score (nSPS) is 10.7. The summed E-state index contributed by atoms with van der Waals surface area (Å²) in [7, 11) is 0. The number of hydrogen-bond donors (Lipinski definition) is 2. The third-order valence-electron chi connectivity index (χ3n) is 3.42. The van der Waals surface area contributed by atoms with Crippen LogP contribution in [0.5, 0.6) is 0 Å². The average molecular weight is 360 g/mol. The maximum Gasteiger partial charge on any atom is 0.416 e. The Bertz CT molecular complexity index is 854. The third-order valence-corrected chi connectivity index (χ3v) is 3.42. The second-order valence-electron chi connectivity index (χ2n) is 5.36. The lowest BCUT2D eigenvalue weighted by atomic mass is 10.1. The van der Waals surface area contributed by atoms with Crippen molar-refractivity contribution in [3.05, 3.63) is 65.2 Å². The van der Waals surface area contributed by atoms with Crippen LogP contribution in [-0.4, -0.2) is 18.4 Å². The van der Waals surface area contributed by atoms with Crippen molar-refractivity contribution in [2.75, 3.05) is 11.9 Å². The van der Waals surface area contributed by atoms with Crippen LogP contribution in [0.4, 0.5) is 18.9 Å². The molecule has 2 aromatic carbocycles. The van der Waals surface area contributed by atoms with Crippen molar-refractivity contribution < 1.29 is 22.8 Å². The van der Waals surface area contributed by atoms with Gasteiger partial charge in [-0.15, -0.1) is 6.42 Å². The minimum Gasteiger partial charge on any atom is -0.341 e. The van der Waals surface area contributed by atoms with Gasteiger partial charge in [0.25, 0.3) is 5.91 Å². The number of benzene rings is 2. The number of anilines is 1. The molecule has 0 saturated carbocycles. The predicted octanol–water partition coefficient (Wildman–Crippen LogP) is 3.25. The molecule has 0 unspecified atom stereocenters. The molecule has 0 saturated heterocycles. The molecule has 0 bridgehead atoms. The van der Waals surface area contributed by atoms with E-state index in [1.54, 1.807) is 12.1 Å². The SMILES string of the molecule is C#CCNC(=O)c1ccccc1NC(=O)Cc1cccc(C(F)(F)F)c1. The molecule has 0 aliphatic heterocycles. The number of para-hydroxylation sites is 1. The predicted molar refractivity (Wildman–Crippen MR) is 91.4 cm³/mol. The Hall–Kier alpha value is -3.27. The molecular formula is C19H15F3N2O2. The van der Waals surface area contributed by atoms with E-state index < -0.39 is 23.6 Å². The smallest absolute Gasteiger partial charge is 0.341 e. The summed E-state index contributed by atoms with van der Waals surface area (Å²) in [5.41, 5.74) is -0.150. The number of hydrogen-bond acceptors (Lipinski definition) is 2. The number of nitrogens with one attached hydrogen (secondary N) is 2. The number of amides is 2. The van der Waals surface area contributed by atoms with E-state index >= 15 is 0 Å².